The molecule has 24 heavy (non-hydrogen) atoms. The third-order valence-electron chi connectivity index (χ3n) is 3.92. The maximum atomic E-state index is 12.5. The van der Waals surface area contributed by atoms with E-state index in [9.17, 15) is 9.59 Å². The van der Waals surface area contributed by atoms with Gasteiger partial charge in [-0.1, -0.05) is 29.8 Å². The van der Waals surface area contributed by atoms with Crippen LogP contribution < -0.4 is 0 Å². The highest BCUT2D eigenvalue weighted by atomic mass is 32.2. The average Bonchev–Trinajstić information content (AvgIpc) is 3.22. The summed E-state index contributed by atoms with van der Waals surface area (Å²) in [4.78, 5) is 26.0. The molecule has 0 N–H and O–H groups in total. The Morgan fingerprint density at radius 1 is 1.29 bits per heavy atom. The molecule has 2 heterocycles. The van der Waals surface area contributed by atoms with Gasteiger partial charge in [0.1, 0.15) is 23.8 Å². The fourth-order valence-corrected chi connectivity index (χ4v) is 4.07. The number of nitrogens with zero attached hydrogens (tertiary/aromatic N) is 1. The van der Waals surface area contributed by atoms with E-state index >= 15 is 0 Å². The van der Waals surface area contributed by atoms with E-state index in [-0.39, 0.29) is 23.9 Å². The smallest absolute Gasteiger partial charge is 0.330 e. The number of hydrogen-bond donors (Lipinski definition) is 0. The van der Waals surface area contributed by atoms with Crippen LogP contribution in [0.4, 0.5) is 0 Å². The predicted octanol–water partition coefficient (Wildman–Crippen LogP) is 3.29. The molecule has 0 radical (unpaired) electrons. The number of amides is 1. The van der Waals surface area contributed by atoms with E-state index in [1.807, 2.05) is 37.3 Å². The van der Waals surface area contributed by atoms with Gasteiger partial charge in [0.25, 0.3) is 0 Å². The second kappa shape index (κ2) is 7.13. The second-order valence-electron chi connectivity index (χ2n) is 5.74. The number of furan rings is 1. The van der Waals surface area contributed by atoms with Crippen molar-refractivity contribution in [2.24, 2.45) is 0 Å². The zero-order chi connectivity index (χ0) is 17.1. The van der Waals surface area contributed by atoms with Gasteiger partial charge in [0, 0.05) is 12.7 Å². The monoisotopic (exact) mass is 345 g/mol. The van der Waals surface area contributed by atoms with Gasteiger partial charge in [-0.05, 0) is 24.6 Å². The first-order valence-corrected chi connectivity index (χ1v) is 8.77. The number of rotatable bonds is 4. The Morgan fingerprint density at radius 3 is 2.67 bits per heavy atom. The average molecular weight is 345 g/mol. The van der Waals surface area contributed by atoms with Gasteiger partial charge >= 0.3 is 5.97 Å². The van der Waals surface area contributed by atoms with Gasteiger partial charge in [-0.25, -0.2) is 4.79 Å². The molecule has 5 nitrogen and oxygen atoms in total. The number of esters is 1. The minimum atomic E-state index is -0.590. The van der Waals surface area contributed by atoms with Gasteiger partial charge in [-0.15, -0.1) is 11.8 Å². The summed E-state index contributed by atoms with van der Waals surface area (Å²) in [5, 5.41) is -0.283. The van der Waals surface area contributed by atoms with Crippen LogP contribution in [0.15, 0.2) is 47.1 Å². The lowest BCUT2D eigenvalue weighted by Crippen LogP contribution is -2.42. The number of benzene rings is 1. The Kier molecular flexibility index (Phi) is 4.94. The molecule has 1 amide bonds. The zero-order valence-corrected chi connectivity index (χ0v) is 14.4. The molecule has 0 saturated carbocycles. The third-order valence-corrected chi connectivity index (χ3v) is 5.21. The maximum absolute atomic E-state index is 12.5. The normalized spacial score (nSPS) is 20.2. The molecule has 0 aliphatic carbocycles. The minimum Gasteiger partial charge on any atom is -0.466 e. The molecule has 126 valence electrons. The third kappa shape index (κ3) is 3.48. The molecule has 1 aliphatic heterocycles. The lowest BCUT2D eigenvalue weighted by molar-refractivity contribution is -0.154. The number of carbonyl (C=O) groups excluding carboxylic acids is 2. The summed E-state index contributed by atoms with van der Waals surface area (Å²) in [6.45, 7) is 3.67. The van der Waals surface area contributed by atoms with Gasteiger partial charge in [-0.2, -0.15) is 0 Å². The van der Waals surface area contributed by atoms with Crippen molar-refractivity contribution in [1.82, 2.24) is 4.90 Å². The summed E-state index contributed by atoms with van der Waals surface area (Å²) in [5.74, 6) is 0.618. The standard InChI is InChI=1S/C18H19NO4S/c1-12-5-7-14(8-6-12)10-23-18(21)15-11-24-17(19(15)13(2)20)16-4-3-9-22-16/h3-9,15,17H,10-11H2,1-2H3/t15-,17-/m0/s1. The summed E-state index contributed by atoms with van der Waals surface area (Å²) in [6.07, 6.45) is 1.57. The molecular formula is C18H19NO4S. The van der Waals surface area contributed by atoms with Crippen molar-refractivity contribution in [2.75, 3.05) is 5.75 Å². The summed E-state index contributed by atoms with van der Waals surface area (Å²) in [6, 6.07) is 10.8. The number of ether oxygens (including phenoxy) is 1. The van der Waals surface area contributed by atoms with Crippen LogP contribution in [0.2, 0.25) is 0 Å². The number of thioether (sulfide) groups is 1. The highest BCUT2D eigenvalue weighted by Crippen LogP contribution is 2.41. The Morgan fingerprint density at radius 2 is 2.04 bits per heavy atom. The summed E-state index contributed by atoms with van der Waals surface area (Å²) < 4.78 is 10.8. The lowest BCUT2D eigenvalue weighted by Gasteiger charge is -2.25. The zero-order valence-electron chi connectivity index (χ0n) is 13.6. The molecule has 0 bridgehead atoms. The van der Waals surface area contributed by atoms with Gasteiger partial charge in [0.05, 0.1) is 6.26 Å². The SMILES string of the molecule is CC(=O)N1[C@H](C(=O)OCc2ccc(C)cc2)CS[C@H]1c1ccco1. The highest BCUT2D eigenvalue weighted by molar-refractivity contribution is 7.99. The van der Waals surface area contributed by atoms with Crippen LogP contribution in [0.25, 0.3) is 0 Å². The maximum Gasteiger partial charge on any atom is 0.330 e. The molecule has 0 unspecified atom stereocenters. The number of hydrogen-bond acceptors (Lipinski definition) is 5. The number of carbonyl (C=O) groups is 2. The van der Waals surface area contributed by atoms with Crippen molar-refractivity contribution in [3.8, 4) is 0 Å². The van der Waals surface area contributed by atoms with Crippen LogP contribution >= 0.6 is 11.8 Å². The van der Waals surface area contributed by atoms with Gasteiger partial charge in [0.2, 0.25) is 5.91 Å². The fraction of sp³-hybridized carbons (Fsp3) is 0.333. The van der Waals surface area contributed by atoms with Gasteiger partial charge < -0.3 is 14.1 Å². The summed E-state index contributed by atoms with van der Waals surface area (Å²) in [7, 11) is 0. The van der Waals surface area contributed by atoms with E-state index < -0.39 is 6.04 Å². The molecule has 2 atom stereocenters. The largest absolute Gasteiger partial charge is 0.466 e. The molecular weight excluding hydrogens is 326 g/mol. The van der Waals surface area contributed by atoms with Crippen molar-refractivity contribution in [1.29, 1.82) is 0 Å². The summed E-state index contributed by atoms with van der Waals surface area (Å²) >= 11 is 1.51. The molecule has 6 heteroatoms. The van der Waals surface area contributed by atoms with E-state index in [2.05, 4.69) is 0 Å². The molecule has 1 fully saturated rings. The minimum absolute atomic E-state index is 0.168. The van der Waals surface area contributed by atoms with Crippen LogP contribution in [-0.2, 0) is 20.9 Å². The predicted molar refractivity (Wildman–Crippen MR) is 91.2 cm³/mol. The Balaban J connectivity index is 1.67. The van der Waals surface area contributed by atoms with E-state index in [0.717, 1.165) is 11.1 Å². The Labute approximate surface area is 145 Å². The Bertz CT molecular complexity index is 711. The fourth-order valence-electron chi connectivity index (χ4n) is 2.66. The first kappa shape index (κ1) is 16.6. The van der Waals surface area contributed by atoms with Crippen LogP contribution in [0.3, 0.4) is 0 Å². The molecule has 1 aromatic carbocycles. The molecule has 1 saturated heterocycles. The quantitative estimate of drug-likeness (QED) is 0.796. The first-order chi connectivity index (χ1) is 11.6. The van der Waals surface area contributed by atoms with Crippen molar-refractivity contribution in [3.05, 3.63) is 59.5 Å². The van der Waals surface area contributed by atoms with Crippen LogP contribution in [-0.4, -0.2) is 28.6 Å². The van der Waals surface area contributed by atoms with Gasteiger partial charge in [-0.3, -0.25) is 4.79 Å². The summed E-state index contributed by atoms with van der Waals surface area (Å²) in [5.41, 5.74) is 2.08. The molecule has 0 spiro atoms. The van der Waals surface area contributed by atoms with Crippen LogP contribution in [0.5, 0.6) is 0 Å². The van der Waals surface area contributed by atoms with Crippen LogP contribution in [0.1, 0.15) is 29.2 Å². The van der Waals surface area contributed by atoms with E-state index in [1.165, 1.54) is 18.7 Å². The Hall–Kier alpha value is -2.21. The highest BCUT2D eigenvalue weighted by Gasteiger charge is 2.43. The van der Waals surface area contributed by atoms with E-state index in [1.54, 1.807) is 17.2 Å². The lowest BCUT2D eigenvalue weighted by atomic mass is 10.2. The molecule has 1 aromatic heterocycles. The molecule has 1 aliphatic rings. The first-order valence-electron chi connectivity index (χ1n) is 7.72. The van der Waals surface area contributed by atoms with Crippen LogP contribution in [0, 0.1) is 6.92 Å². The van der Waals surface area contributed by atoms with Gasteiger partial charge in [0.15, 0.2) is 0 Å². The topological polar surface area (TPSA) is 59.8 Å². The van der Waals surface area contributed by atoms with Crippen molar-refractivity contribution in [3.63, 3.8) is 0 Å². The van der Waals surface area contributed by atoms with Crippen molar-refractivity contribution in [2.45, 2.75) is 31.9 Å². The van der Waals surface area contributed by atoms with Crippen molar-refractivity contribution >= 4 is 23.6 Å². The van der Waals surface area contributed by atoms with Crippen molar-refractivity contribution < 1.29 is 18.7 Å². The molecule has 2 aromatic rings. The van der Waals surface area contributed by atoms with E-state index in [0.29, 0.717) is 11.5 Å². The number of aryl methyl sites for hydroxylation is 1. The second-order valence-corrected chi connectivity index (χ2v) is 6.85. The molecule has 3 rings (SSSR count). The van der Waals surface area contributed by atoms with E-state index in [4.69, 9.17) is 9.15 Å².